The summed E-state index contributed by atoms with van der Waals surface area (Å²) < 4.78 is 32.1. The van der Waals surface area contributed by atoms with Gasteiger partial charge in [-0.2, -0.15) is 4.39 Å². The van der Waals surface area contributed by atoms with E-state index in [0.29, 0.717) is 37.5 Å². The predicted molar refractivity (Wildman–Crippen MR) is 93.2 cm³/mol. The molecule has 3 rings (SSSR count). The van der Waals surface area contributed by atoms with Crippen LogP contribution in [0, 0.1) is 11.8 Å². The van der Waals surface area contributed by atoms with Crippen molar-refractivity contribution in [2.24, 2.45) is 0 Å². The Balaban J connectivity index is 1.52. The SMILES string of the molecule is COc1ccc(F)c(CNC(=O)N2CCN(c3ccnc(F)c3)CC2)c1. The number of amides is 2. The molecule has 6 nitrogen and oxygen atoms in total. The number of anilines is 1. The number of nitrogens with one attached hydrogen (secondary N) is 1. The number of ether oxygens (including phenoxy) is 1. The molecule has 138 valence electrons. The number of carbonyl (C=O) groups is 1. The van der Waals surface area contributed by atoms with Crippen LogP contribution in [0.2, 0.25) is 0 Å². The van der Waals surface area contributed by atoms with Gasteiger partial charge in [-0.1, -0.05) is 0 Å². The Morgan fingerprint density at radius 3 is 2.65 bits per heavy atom. The second-order valence-electron chi connectivity index (χ2n) is 5.93. The summed E-state index contributed by atoms with van der Waals surface area (Å²) in [6, 6.07) is 7.26. The van der Waals surface area contributed by atoms with Crippen LogP contribution in [0.5, 0.6) is 5.75 Å². The minimum absolute atomic E-state index is 0.0810. The molecule has 2 amide bonds. The molecule has 0 saturated carbocycles. The van der Waals surface area contributed by atoms with Crippen molar-refractivity contribution in [1.82, 2.24) is 15.2 Å². The molecule has 1 fully saturated rings. The summed E-state index contributed by atoms with van der Waals surface area (Å²) in [4.78, 5) is 19.5. The molecule has 0 unspecified atom stereocenters. The van der Waals surface area contributed by atoms with Crippen LogP contribution in [0.15, 0.2) is 36.5 Å². The third kappa shape index (κ3) is 4.19. The minimum Gasteiger partial charge on any atom is -0.497 e. The van der Waals surface area contributed by atoms with E-state index < -0.39 is 11.8 Å². The zero-order chi connectivity index (χ0) is 18.5. The maximum atomic E-state index is 13.8. The van der Waals surface area contributed by atoms with Crippen LogP contribution in [0.4, 0.5) is 19.3 Å². The maximum Gasteiger partial charge on any atom is 0.317 e. The van der Waals surface area contributed by atoms with Crippen LogP contribution < -0.4 is 15.0 Å². The van der Waals surface area contributed by atoms with Gasteiger partial charge in [0.2, 0.25) is 5.95 Å². The first-order valence-electron chi connectivity index (χ1n) is 8.28. The number of halogens is 2. The summed E-state index contributed by atoms with van der Waals surface area (Å²) in [7, 11) is 1.50. The number of aromatic nitrogens is 1. The van der Waals surface area contributed by atoms with Gasteiger partial charge in [-0.05, 0) is 24.3 Å². The van der Waals surface area contributed by atoms with Crippen molar-refractivity contribution in [3.63, 3.8) is 0 Å². The average Bonchev–Trinajstić information content (AvgIpc) is 2.67. The number of hydrogen-bond acceptors (Lipinski definition) is 4. The van der Waals surface area contributed by atoms with E-state index in [2.05, 4.69) is 10.3 Å². The molecule has 0 atom stereocenters. The number of pyridine rings is 1. The molecule has 1 N–H and O–H groups in total. The van der Waals surface area contributed by atoms with Gasteiger partial charge in [0, 0.05) is 56.2 Å². The zero-order valence-electron chi connectivity index (χ0n) is 14.4. The normalized spacial score (nSPS) is 14.3. The summed E-state index contributed by atoms with van der Waals surface area (Å²) in [5, 5.41) is 2.73. The van der Waals surface area contributed by atoms with E-state index in [4.69, 9.17) is 4.74 Å². The largest absolute Gasteiger partial charge is 0.497 e. The van der Waals surface area contributed by atoms with E-state index in [0.717, 1.165) is 5.69 Å². The summed E-state index contributed by atoms with van der Waals surface area (Å²) >= 11 is 0. The number of hydrogen-bond donors (Lipinski definition) is 1. The van der Waals surface area contributed by atoms with Crippen LogP contribution in [0.3, 0.4) is 0 Å². The molecule has 1 aliphatic rings. The molecule has 8 heteroatoms. The fourth-order valence-corrected chi connectivity index (χ4v) is 2.85. The van der Waals surface area contributed by atoms with Crippen LogP contribution in [-0.4, -0.2) is 49.2 Å². The van der Waals surface area contributed by atoms with Gasteiger partial charge in [0.05, 0.1) is 7.11 Å². The number of methoxy groups -OCH3 is 1. The highest BCUT2D eigenvalue weighted by Gasteiger charge is 2.21. The molecular formula is C18H20F2N4O2. The second kappa shape index (κ2) is 7.99. The lowest BCUT2D eigenvalue weighted by Gasteiger charge is -2.36. The number of urea groups is 1. The van der Waals surface area contributed by atoms with E-state index in [1.54, 1.807) is 17.0 Å². The van der Waals surface area contributed by atoms with Crippen molar-refractivity contribution < 1.29 is 18.3 Å². The van der Waals surface area contributed by atoms with Crippen molar-refractivity contribution in [1.29, 1.82) is 0 Å². The first-order valence-corrected chi connectivity index (χ1v) is 8.28. The highest BCUT2D eigenvalue weighted by molar-refractivity contribution is 5.74. The van der Waals surface area contributed by atoms with Crippen LogP contribution in [0.1, 0.15) is 5.56 Å². The first-order chi connectivity index (χ1) is 12.6. The van der Waals surface area contributed by atoms with E-state index in [9.17, 15) is 13.6 Å². The fourth-order valence-electron chi connectivity index (χ4n) is 2.85. The van der Waals surface area contributed by atoms with Crippen molar-refractivity contribution in [2.75, 3.05) is 38.2 Å². The lowest BCUT2D eigenvalue weighted by atomic mass is 10.2. The number of nitrogens with zero attached hydrogens (tertiary/aromatic N) is 3. The van der Waals surface area contributed by atoms with E-state index >= 15 is 0 Å². The number of piperazine rings is 1. The fraction of sp³-hybridized carbons (Fsp3) is 0.333. The Labute approximate surface area is 150 Å². The predicted octanol–water partition coefficient (Wildman–Crippen LogP) is 2.40. The average molecular weight is 362 g/mol. The molecule has 0 radical (unpaired) electrons. The Morgan fingerprint density at radius 2 is 1.96 bits per heavy atom. The standard InChI is InChI=1S/C18H20F2N4O2/c1-26-15-2-3-16(19)13(10-15)12-22-18(25)24-8-6-23(7-9-24)14-4-5-21-17(20)11-14/h2-5,10-11H,6-9,12H2,1H3,(H,22,25). The molecule has 26 heavy (non-hydrogen) atoms. The van der Waals surface area contributed by atoms with Crippen LogP contribution in [-0.2, 0) is 6.54 Å². The summed E-state index contributed by atoms with van der Waals surface area (Å²) in [6.45, 7) is 2.25. The first kappa shape index (κ1) is 17.9. The van der Waals surface area contributed by atoms with Crippen molar-refractivity contribution >= 4 is 11.7 Å². The van der Waals surface area contributed by atoms with Gasteiger partial charge >= 0.3 is 6.03 Å². The third-order valence-corrected chi connectivity index (χ3v) is 4.33. The Morgan fingerprint density at radius 1 is 1.19 bits per heavy atom. The molecule has 0 spiro atoms. The van der Waals surface area contributed by atoms with E-state index in [1.165, 1.54) is 31.5 Å². The quantitative estimate of drug-likeness (QED) is 0.849. The van der Waals surface area contributed by atoms with Gasteiger partial charge in [0.25, 0.3) is 0 Å². The third-order valence-electron chi connectivity index (χ3n) is 4.33. The van der Waals surface area contributed by atoms with Gasteiger partial charge in [-0.3, -0.25) is 0 Å². The van der Waals surface area contributed by atoms with E-state index in [1.807, 2.05) is 4.90 Å². The van der Waals surface area contributed by atoms with Gasteiger partial charge in [-0.25, -0.2) is 14.2 Å². The molecule has 0 aliphatic carbocycles. The van der Waals surface area contributed by atoms with Crippen molar-refractivity contribution in [3.05, 3.63) is 53.9 Å². The summed E-state index contributed by atoms with van der Waals surface area (Å²) in [5.74, 6) is -0.382. The van der Waals surface area contributed by atoms with Crippen molar-refractivity contribution in [2.45, 2.75) is 6.54 Å². The van der Waals surface area contributed by atoms with Gasteiger partial charge < -0.3 is 19.9 Å². The lowest BCUT2D eigenvalue weighted by Crippen LogP contribution is -2.51. The molecule has 0 bridgehead atoms. The maximum absolute atomic E-state index is 13.8. The monoisotopic (exact) mass is 362 g/mol. The molecule has 1 aromatic heterocycles. The topological polar surface area (TPSA) is 57.7 Å². The van der Waals surface area contributed by atoms with Crippen LogP contribution in [0.25, 0.3) is 0 Å². The molecule has 1 aromatic carbocycles. The minimum atomic E-state index is -0.525. The zero-order valence-corrected chi connectivity index (χ0v) is 14.4. The highest BCUT2D eigenvalue weighted by atomic mass is 19.1. The molecule has 1 saturated heterocycles. The summed E-state index contributed by atoms with van der Waals surface area (Å²) in [5.41, 5.74) is 1.11. The Hall–Kier alpha value is -2.90. The number of carbonyl (C=O) groups excluding carboxylic acids is 1. The van der Waals surface area contributed by atoms with Gasteiger partial charge in [-0.15, -0.1) is 0 Å². The Bertz CT molecular complexity index is 780. The van der Waals surface area contributed by atoms with E-state index in [-0.39, 0.29) is 12.6 Å². The van der Waals surface area contributed by atoms with Crippen molar-refractivity contribution in [3.8, 4) is 5.75 Å². The molecular weight excluding hydrogens is 342 g/mol. The molecule has 2 heterocycles. The smallest absolute Gasteiger partial charge is 0.317 e. The molecule has 2 aromatic rings. The summed E-state index contributed by atoms with van der Waals surface area (Å²) in [6.07, 6.45) is 1.42. The number of rotatable bonds is 4. The second-order valence-corrected chi connectivity index (χ2v) is 5.93. The number of benzene rings is 1. The molecule has 1 aliphatic heterocycles. The van der Waals surface area contributed by atoms with Gasteiger partial charge in [0.1, 0.15) is 11.6 Å². The lowest BCUT2D eigenvalue weighted by molar-refractivity contribution is 0.194. The Kier molecular flexibility index (Phi) is 5.50. The highest BCUT2D eigenvalue weighted by Crippen LogP contribution is 2.18. The van der Waals surface area contributed by atoms with Gasteiger partial charge in [0.15, 0.2) is 0 Å². The van der Waals surface area contributed by atoms with Crippen LogP contribution >= 0.6 is 0 Å².